The van der Waals surface area contributed by atoms with Crippen LogP contribution in [0.1, 0.15) is 20.3 Å². The Bertz CT molecular complexity index is 449. The van der Waals surface area contributed by atoms with Crippen LogP contribution in [0.4, 0.5) is 10.1 Å². The maximum absolute atomic E-state index is 13.7. The Balaban J connectivity index is 3.03. The average Bonchev–Trinajstić information content (AvgIpc) is 2.30. The van der Waals surface area contributed by atoms with Gasteiger partial charge in [0.05, 0.1) is 5.69 Å². The number of nitrogens with zero attached hydrogens (tertiary/aromatic N) is 1. The standard InChI is InChI=1S/C13H18BrFN2O/c1-13(2,6-7-16)12(18)17(3)11-8-9(14)4-5-10(11)15/h4-5,8H,6-7,16H2,1-3H3. The molecule has 0 saturated heterocycles. The van der Waals surface area contributed by atoms with Crippen LogP contribution in [0.5, 0.6) is 0 Å². The summed E-state index contributed by atoms with van der Waals surface area (Å²) in [5.74, 6) is -0.567. The molecule has 0 aliphatic rings. The molecule has 18 heavy (non-hydrogen) atoms. The Hall–Kier alpha value is -0.940. The van der Waals surface area contributed by atoms with Crippen molar-refractivity contribution in [1.82, 2.24) is 0 Å². The molecule has 0 bridgehead atoms. The fraction of sp³-hybridized carbons (Fsp3) is 0.462. The fourth-order valence-electron chi connectivity index (χ4n) is 1.77. The molecule has 0 saturated carbocycles. The second-order valence-electron chi connectivity index (χ2n) is 4.88. The third-order valence-electron chi connectivity index (χ3n) is 2.92. The van der Waals surface area contributed by atoms with Crippen molar-refractivity contribution in [2.24, 2.45) is 11.1 Å². The molecule has 3 nitrogen and oxygen atoms in total. The quantitative estimate of drug-likeness (QED) is 0.928. The molecule has 100 valence electrons. The van der Waals surface area contributed by atoms with Gasteiger partial charge >= 0.3 is 0 Å². The predicted molar refractivity (Wildman–Crippen MR) is 75.0 cm³/mol. The van der Waals surface area contributed by atoms with Crippen molar-refractivity contribution in [2.75, 3.05) is 18.5 Å². The molecule has 1 aromatic rings. The van der Waals surface area contributed by atoms with Gasteiger partial charge in [0.1, 0.15) is 5.82 Å². The van der Waals surface area contributed by atoms with Crippen molar-refractivity contribution in [3.05, 3.63) is 28.5 Å². The van der Waals surface area contributed by atoms with E-state index in [1.807, 2.05) is 13.8 Å². The van der Waals surface area contributed by atoms with Gasteiger partial charge < -0.3 is 10.6 Å². The van der Waals surface area contributed by atoms with Crippen molar-refractivity contribution in [2.45, 2.75) is 20.3 Å². The Morgan fingerprint density at radius 3 is 2.67 bits per heavy atom. The summed E-state index contributed by atoms with van der Waals surface area (Å²) in [4.78, 5) is 13.7. The van der Waals surface area contributed by atoms with Crippen LogP contribution in [0.2, 0.25) is 0 Å². The lowest BCUT2D eigenvalue weighted by molar-refractivity contribution is -0.126. The first kappa shape index (κ1) is 15.1. The molecule has 2 N–H and O–H groups in total. The van der Waals surface area contributed by atoms with Gasteiger partial charge in [-0.15, -0.1) is 0 Å². The molecule has 0 unspecified atom stereocenters. The minimum absolute atomic E-state index is 0.148. The number of anilines is 1. The van der Waals surface area contributed by atoms with E-state index in [4.69, 9.17) is 5.73 Å². The number of amides is 1. The molecule has 0 aromatic heterocycles. The van der Waals surface area contributed by atoms with Gasteiger partial charge in [-0.2, -0.15) is 0 Å². The summed E-state index contributed by atoms with van der Waals surface area (Å²) >= 11 is 3.27. The molecular formula is C13H18BrFN2O. The molecule has 0 spiro atoms. The van der Waals surface area contributed by atoms with E-state index in [9.17, 15) is 9.18 Å². The average molecular weight is 317 g/mol. The lowest BCUT2D eigenvalue weighted by atomic mass is 9.87. The fourth-order valence-corrected chi connectivity index (χ4v) is 2.12. The summed E-state index contributed by atoms with van der Waals surface area (Å²) in [7, 11) is 1.57. The zero-order valence-corrected chi connectivity index (χ0v) is 12.4. The molecule has 0 atom stereocenters. The van der Waals surface area contributed by atoms with E-state index in [2.05, 4.69) is 15.9 Å². The van der Waals surface area contributed by atoms with E-state index >= 15 is 0 Å². The van der Waals surface area contributed by atoms with Crippen molar-refractivity contribution in [1.29, 1.82) is 0 Å². The summed E-state index contributed by atoms with van der Waals surface area (Å²) in [6.07, 6.45) is 0.561. The Morgan fingerprint density at radius 2 is 2.11 bits per heavy atom. The minimum atomic E-state index is -0.599. The van der Waals surface area contributed by atoms with E-state index in [1.54, 1.807) is 19.2 Å². The van der Waals surface area contributed by atoms with E-state index in [-0.39, 0.29) is 11.6 Å². The van der Waals surface area contributed by atoms with Crippen LogP contribution in [0.25, 0.3) is 0 Å². The second-order valence-corrected chi connectivity index (χ2v) is 5.80. The first-order valence-electron chi connectivity index (χ1n) is 5.73. The number of benzene rings is 1. The summed E-state index contributed by atoms with van der Waals surface area (Å²) < 4.78 is 14.4. The van der Waals surface area contributed by atoms with Crippen molar-refractivity contribution in [3.8, 4) is 0 Å². The normalized spacial score (nSPS) is 11.4. The van der Waals surface area contributed by atoms with Gasteiger partial charge in [0.2, 0.25) is 5.91 Å². The highest BCUT2D eigenvalue weighted by Crippen LogP contribution is 2.28. The number of hydrogen-bond donors (Lipinski definition) is 1. The Morgan fingerprint density at radius 1 is 1.50 bits per heavy atom. The number of carbonyl (C=O) groups excluding carboxylic acids is 1. The molecule has 5 heteroatoms. The third-order valence-corrected chi connectivity index (χ3v) is 3.42. The van der Waals surface area contributed by atoms with Crippen LogP contribution in [0, 0.1) is 11.2 Å². The van der Waals surface area contributed by atoms with Gasteiger partial charge in [0.25, 0.3) is 0 Å². The molecule has 0 heterocycles. The highest BCUT2D eigenvalue weighted by atomic mass is 79.9. The van der Waals surface area contributed by atoms with E-state index < -0.39 is 11.2 Å². The van der Waals surface area contributed by atoms with Crippen molar-refractivity contribution >= 4 is 27.5 Å². The minimum Gasteiger partial charge on any atom is -0.330 e. The first-order chi connectivity index (χ1) is 8.29. The molecule has 1 rings (SSSR count). The van der Waals surface area contributed by atoms with Gasteiger partial charge in [0.15, 0.2) is 0 Å². The van der Waals surface area contributed by atoms with Gasteiger partial charge in [-0.25, -0.2) is 4.39 Å². The highest BCUT2D eigenvalue weighted by molar-refractivity contribution is 9.10. The zero-order chi connectivity index (χ0) is 13.9. The predicted octanol–water partition coefficient (Wildman–Crippen LogP) is 2.93. The lowest BCUT2D eigenvalue weighted by Crippen LogP contribution is -2.40. The number of hydrogen-bond acceptors (Lipinski definition) is 2. The highest BCUT2D eigenvalue weighted by Gasteiger charge is 2.31. The molecular weight excluding hydrogens is 299 g/mol. The summed E-state index contributed by atoms with van der Waals surface area (Å²) in [6.45, 7) is 4.05. The van der Waals surface area contributed by atoms with Crippen LogP contribution in [0.3, 0.4) is 0 Å². The molecule has 0 aliphatic heterocycles. The molecule has 1 aromatic carbocycles. The second kappa shape index (κ2) is 5.80. The van der Waals surface area contributed by atoms with Crippen molar-refractivity contribution in [3.63, 3.8) is 0 Å². The Labute approximate surface area is 115 Å². The maximum Gasteiger partial charge on any atom is 0.232 e. The van der Waals surface area contributed by atoms with Crippen LogP contribution < -0.4 is 10.6 Å². The van der Waals surface area contributed by atoms with Crippen LogP contribution in [-0.4, -0.2) is 19.5 Å². The number of halogens is 2. The third kappa shape index (κ3) is 3.29. The maximum atomic E-state index is 13.7. The largest absolute Gasteiger partial charge is 0.330 e. The van der Waals surface area contributed by atoms with Gasteiger partial charge in [-0.3, -0.25) is 4.79 Å². The summed E-state index contributed by atoms with van der Waals surface area (Å²) in [5.41, 5.74) is 5.16. The van der Waals surface area contributed by atoms with Gasteiger partial charge in [-0.05, 0) is 31.2 Å². The molecule has 0 aliphatic carbocycles. The van der Waals surface area contributed by atoms with Gasteiger partial charge in [-0.1, -0.05) is 29.8 Å². The summed E-state index contributed by atoms with van der Waals surface area (Å²) in [5, 5.41) is 0. The van der Waals surface area contributed by atoms with Crippen LogP contribution in [0.15, 0.2) is 22.7 Å². The smallest absolute Gasteiger partial charge is 0.232 e. The van der Waals surface area contributed by atoms with E-state index in [0.717, 1.165) is 4.47 Å². The summed E-state index contributed by atoms with van der Waals surface area (Å²) in [6, 6.07) is 4.52. The topological polar surface area (TPSA) is 46.3 Å². The van der Waals surface area contributed by atoms with E-state index in [1.165, 1.54) is 11.0 Å². The van der Waals surface area contributed by atoms with E-state index in [0.29, 0.717) is 13.0 Å². The van der Waals surface area contributed by atoms with Gasteiger partial charge in [0, 0.05) is 16.9 Å². The zero-order valence-electron chi connectivity index (χ0n) is 10.8. The molecule has 1 amide bonds. The molecule has 0 radical (unpaired) electrons. The monoisotopic (exact) mass is 316 g/mol. The van der Waals surface area contributed by atoms with Crippen LogP contribution in [-0.2, 0) is 4.79 Å². The van der Waals surface area contributed by atoms with Crippen molar-refractivity contribution < 1.29 is 9.18 Å². The van der Waals surface area contributed by atoms with Crippen LogP contribution >= 0.6 is 15.9 Å². The Kier molecular flexibility index (Phi) is 4.87. The number of nitrogens with two attached hydrogens (primary N) is 1. The molecule has 0 fully saturated rings. The lowest BCUT2D eigenvalue weighted by Gasteiger charge is -2.29. The first-order valence-corrected chi connectivity index (χ1v) is 6.52. The number of carbonyl (C=O) groups is 1. The SMILES string of the molecule is CN(C(=O)C(C)(C)CCN)c1cc(Br)ccc1F. The number of rotatable bonds is 4.